The van der Waals surface area contributed by atoms with Gasteiger partial charge in [-0.2, -0.15) is 0 Å². The number of rotatable bonds is 4. The second kappa shape index (κ2) is 6.39. The molecule has 0 fully saturated rings. The molecule has 2 rings (SSSR count). The van der Waals surface area contributed by atoms with Crippen LogP contribution in [-0.2, 0) is 6.42 Å². The molecule has 2 aromatic rings. The van der Waals surface area contributed by atoms with E-state index in [0.29, 0.717) is 11.3 Å². The van der Waals surface area contributed by atoms with Gasteiger partial charge in [0.1, 0.15) is 17.3 Å². The van der Waals surface area contributed by atoms with Gasteiger partial charge in [-0.15, -0.1) is 0 Å². The van der Waals surface area contributed by atoms with Gasteiger partial charge in [0.15, 0.2) is 0 Å². The molecule has 0 unspecified atom stereocenters. The van der Waals surface area contributed by atoms with E-state index in [9.17, 15) is 9.50 Å². The molecule has 2 nitrogen and oxygen atoms in total. The Balaban J connectivity index is 2.46. The molecule has 0 bridgehead atoms. The van der Waals surface area contributed by atoms with Crippen LogP contribution in [0.25, 0.3) is 11.1 Å². The van der Waals surface area contributed by atoms with Crippen molar-refractivity contribution in [2.24, 2.45) is 5.41 Å². The zero-order valence-electron chi connectivity index (χ0n) is 13.6. The van der Waals surface area contributed by atoms with Crippen LogP contribution in [0, 0.1) is 11.2 Å². The molecule has 0 saturated heterocycles. The van der Waals surface area contributed by atoms with E-state index < -0.39 is 0 Å². The van der Waals surface area contributed by atoms with Gasteiger partial charge in [0.05, 0.1) is 7.11 Å². The maximum Gasteiger partial charge on any atom is 0.131 e. The van der Waals surface area contributed by atoms with Crippen LogP contribution in [-0.4, -0.2) is 12.2 Å². The van der Waals surface area contributed by atoms with Crippen molar-refractivity contribution in [2.45, 2.75) is 33.6 Å². The Morgan fingerprint density at radius 2 is 1.77 bits per heavy atom. The minimum atomic E-state index is -0.288. The van der Waals surface area contributed by atoms with E-state index in [4.69, 9.17) is 4.74 Å². The molecular weight excluding hydrogens is 279 g/mol. The van der Waals surface area contributed by atoms with E-state index in [0.717, 1.165) is 24.0 Å². The Morgan fingerprint density at radius 3 is 2.41 bits per heavy atom. The first-order chi connectivity index (χ1) is 10.3. The highest BCUT2D eigenvalue weighted by molar-refractivity contribution is 5.70. The lowest BCUT2D eigenvalue weighted by Crippen LogP contribution is -2.07. The third kappa shape index (κ3) is 4.00. The smallest absolute Gasteiger partial charge is 0.131 e. The van der Waals surface area contributed by atoms with Crippen LogP contribution in [0.3, 0.4) is 0 Å². The van der Waals surface area contributed by atoms with Gasteiger partial charge in [0.25, 0.3) is 0 Å². The molecule has 2 aromatic carbocycles. The highest BCUT2D eigenvalue weighted by Gasteiger charge is 2.15. The molecule has 0 aliphatic carbocycles. The van der Waals surface area contributed by atoms with E-state index in [1.807, 2.05) is 0 Å². The molecule has 118 valence electrons. The molecule has 0 radical (unpaired) electrons. The summed E-state index contributed by atoms with van der Waals surface area (Å²) in [4.78, 5) is 0. The molecule has 0 heterocycles. The number of ether oxygens (including phenoxy) is 1. The number of phenolic OH excluding ortho intramolecular Hbond substituents is 1. The van der Waals surface area contributed by atoms with E-state index in [-0.39, 0.29) is 17.0 Å². The molecule has 0 spiro atoms. The number of phenols is 1. The maximum atomic E-state index is 14.2. The molecule has 1 N–H and O–H groups in total. The zero-order chi connectivity index (χ0) is 16.3. The summed E-state index contributed by atoms with van der Waals surface area (Å²) in [6.45, 7) is 6.50. The van der Waals surface area contributed by atoms with Crippen LogP contribution in [0.2, 0.25) is 0 Å². The van der Waals surface area contributed by atoms with E-state index in [2.05, 4.69) is 20.8 Å². The van der Waals surface area contributed by atoms with Gasteiger partial charge in [-0.1, -0.05) is 26.8 Å². The third-order valence-electron chi connectivity index (χ3n) is 3.70. The molecule has 0 amide bonds. The predicted molar refractivity (Wildman–Crippen MR) is 87.8 cm³/mol. The van der Waals surface area contributed by atoms with Gasteiger partial charge in [-0.3, -0.25) is 0 Å². The zero-order valence-corrected chi connectivity index (χ0v) is 13.6. The first-order valence-electron chi connectivity index (χ1n) is 7.46. The number of aryl methyl sites for hydroxylation is 1. The first-order valence-corrected chi connectivity index (χ1v) is 7.46. The average molecular weight is 302 g/mol. The van der Waals surface area contributed by atoms with Crippen LogP contribution >= 0.6 is 0 Å². The number of hydrogen-bond acceptors (Lipinski definition) is 2. The lowest BCUT2D eigenvalue weighted by Gasteiger charge is -2.19. The summed E-state index contributed by atoms with van der Waals surface area (Å²) < 4.78 is 19.4. The van der Waals surface area contributed by atoms with Crippen molar-refractivity contribution >= 4 is 0 Å². The topological polar surface area (TPSA) is 29.5 Å². The SMILES string of the molecule is COc1ccc(F)c(-c2ccc(O)cc2CCC(C)(C)C)c1. The third-order valence-corrected chi connectivity index (χ3v) is 3.70. The maximum absolute atomic E-state index is 14.2. The summed E-state index contributed by atoms with van der Waals surface area (Å²) in [5, 5.41) is 9.77. The fourth-order valence-corrected chi connectivity index (χ4v) is 2.40. The number of halogens is 1. The summed E-state index contributed by atoms with van der Waals surface area (Å²) >= 11 is 0. The van der Waals surface area contributed by atoms with Crippen LogP contribution in [0.15, 0.2) is 36.4 Å². The highest BCUT2D eigenvalue weighted by Crippen LogP contribution is 2.33. The van der Waals surface area contributed by atoms with E-state index in [1.165, 1.54) is 6.07 Å². The van der Waals surface area contributed by atoms with Crippen molar-refractivity contribution < 1.29 is 14.2 Å². The second-order valence-corrected chi connectivity index (χ2v) is 6.75. The molecule has 3 heteroatoms. The Morgan fingerprint density at radius 1 is 1.05 bits per heavy atom. The Bertz CT molecular complexity index is 657. The Kier molecular flexibility index (Phi) is 4.74. The van der Waals surface area contributed by atoms with Crippen LogP contribution in [0.1, 0.15) is 32.8 Å². The molecule has 0 saturated carbocycles. The van der Waals surface area contributed by atoms with Crippen molar-refractivity contribution in [1.82, 2.24) is 0 Å². The average Bonchev–Trinajstić information content (AvgIpc) is 2.45. The van der Waals surface area contributed by atoms with Crippen molar-refractivity contribution in [3.05, 3.63) is 47.8 Å². The molecule has 22 heavy (non-hydrogen) atoms. The van der Waals surface area contributed by atoms with Crippen molar-refractivity contribution in [3.8, 4) is 22.6 Å². The van der Waals surface area contributed by atoms with Crippen LogP contribution in [0.4, 0.5) is 4.39 Å². The standard InChI is InChI=1S/C19H23FO2/c1-19(2,3)10-9-13-11-14(21)5-7-16(13)17-12-15(22-4)6-8-18(17)20/h5-8,11-12,21H,9-10H2,1-4H3. The number of methoxy groups -OCH3 is 1. The monoisotopic (exact) mass is 302 g/mol. The van der Waals surface area contributed by atoms with Crippen molar-refractivity contribution in [1.29, 1.82) is 0 Å². The van der Waals surface area contributed by atoms with E-state index in [1.54, 1.807) is 37.4 Å². The van der Waals surface area contributed by atoms with E-state index >= 15 is 0 Å². The summed E-state index contributed by atoms with van der Waals surface area (Å²) in [6, 6.07) is 9.80. The van der Waals surface area contributed by atoms with Crippen molar-refractivity contribution in [2.75, 3.05) is 7.11 Å². The van der Waals surface area contributed by atoms with Gasteiger partial charge >= 0.3 is 0 Å². The first kappa shape index (κ1) is 16.3. The van der Waals surface area contributed by atoms with Gasteiger partial charge in [-0.25, -0.2) is 4.39 Å². The minimum Gasteiger partial charge on any atom is -0.508 e. The lowest BCUT2D eigenvalue weighted by atomic mass is 9.86. The fourth-order valence-electron chi connectivity index (χ4n) is 2.40. The summed E-state index contributed by atoms with van der Waals surface area (Å²) in [7, 11) is 1.56. The highest BCUT2D eigenvalue weighted by atomic mass is 19.1. The molecule has 0 aliphatic rings. The molecule has 0 atom stereocenters. The Hall–Kier alpha value is -2.03. The van der Waals surface area contributed by atoms with Gasteiger partial charge in [0.2, 0.25) is 0 Å². The van der Waals surface area contributed by atoms with Crippen molar-refractivity contribution in [3.63, 3.8) is 0 Å². The molecule has 0 aliphatic heterocycles. The van der Waals surface area contributed by atoms with Crippen LogP contribution < -0.4 is 4.74 Å². The Labute approximate surface area is 131 Å². The lowest BCUT2D eigenvalue weighted by molar-refractivity contribution is 0.378. The fraction of sp³-hybridized carbons (Fsp3) is 0.368. The minimum absolute atomic E-state index is 0.176. The molecular formula is C19H23FO2. The quantitative estimate of drug-likeness (QED) is 0.842. The predicted octanol–water partition coefficient (Wildman–Crippen LogP) is 5.19. The number of benzene rings is 2. The van der Waals surface area contributed by atoms with Gasteiger partial charge < -0.3 is 9.84 Å². The van der Waals surface area contributed by atoms with Gasteiger partial charge in [0, 0.05) is 5.56 Å². The van der Waals surface area contributed by atoms with Gasteiger partial charge in [-0.05, 0) is 59.7 Å². The summed E-state index contributed by atoms with van der Waals surface area (Å²) in [5.74, 6) is 0.533. The summed E-state index contributed by atoms with van der Waals surface area (Å²) in [5.41, 5.74) is 2.43. The normalized spacial score (nSPS) is 11.5. The number of hydrogen-bond donors (Lipinski definition) is 1. The second-order valence-electron chi connectivity index (χ2n) is 6.75. The number of aromatic hydroxyl groups is 1. The molecule has 0 aromatic heterocycles. The summed E-state index contributed by atoms with van der Waals surface area (Å²) in [6.07, 6.45) is 1.74. The van der Waals surface area contributed by atoms with Crippen LogP contribution in [0.5, 0.6) is 11.5 Å². The largest absolute Gasteiger partial charge is 0.508 e.